The number of aryl methyl sites for hydroxylation is 1. The van der Waals surface area contributed by atoms with Crippen LogP contribution in [-0.2, 0) is 21.1 Å². The van der Waals surface area contributed by atoms with E-state index in [1.54, 1.807) is 19.1 Å². The van der Waals surface area contributed by atoms with Gasteiger partial charge in [-0.25, -0.2) is 0 Å². The zero-order valence-electron chi connectivity index (χ0n) is 7.87. The molecule has 0 spiro atoms. The van der Waals surface area contributed by atoms with Crippen molar-refractivity contribution < 1.29 is 27.6 Å². The van der Waals surface area contributed by atoms with Crippen LogP contribution in [0.15, 0.2) is 24.3 Å². The van der Waals surface area contributed by atoms with E-state index in [1.807, 2.05) is 19.1 Å². The molecule has 0 aliphatic carbocycles. The van der Waals surface area contributed by atoms with Gasteiger partial charge in [-0.2, -0.15) is 6.92 Å². The molecule has 0 heterocycles. The summed E-state index contributed by atoms with van der Waals surface area (Å²) < 4.78 is 0. The van der Waals surface area contributed by atoms with Crippen LogP contribution in [0.2, 0.25) is 0 Å². The molecule has 2 heteroatoms. The number of phenolic OH excluding ortho intramolecular Hbond substituents is 1. The molecule has 1 aromatic carbocycles. The van der Waals surface area contributed by atoms with Crippen molar-refractivity contribution >= 4 is 0 Å². The van der Waals surface area contributed by atoms with Crippen LogP contribution >= 0.6 is 0 Å². The minimum absolute atomic E-state index is 0. The Morgan fingerprint density at radius 3 is 1.75 bits per heavy atom. The summed E-state index contributed by atoms with van der Waals surface area (Å²) in [6, 6.07) is 7.09. The summed E-state index contributed by atoms with van der Waals surface area (Å²) in [5, 5.41) is 8.76. The Bertz CT molecular complexity index is 154. The minimum atomic E-state index is 0. The number of hydrogen-bond acceptors (Lipinski definition) is 1. The van der Waals surface area contributed by atoms with Crippen LogP contribution < -0.4 is 0 Å². The van der Waals surface area contributed by atoms with Crippen LogP contribution in [0.3, 0.4) is 0 Å². The van der Waals surface area contributed by atoms with Crippen molar-refractivity contribution in [1.82, 2.24) is 0 Å². The van der Waals surface area contributed by atoms with Crippen LogP contribution in [-0.4, -0.2) is 5.11 Å². The van der Waals surface area contributed by atoms with Crippen LogP contribution in [0.5, 0.6) is 5.75 Å². The SMILES string of the molecule is Cc1ccc(O)cc1.[3HH].[CH2-]C.[CH3-].[W+2]. The quantitative estimate of drug-likeness (QED) is 0.719. The van der Waals surface area contributed by atoms with Crippen LogP contribution in [0.1, 0.15) is 13.9 Å². The fourth-order valence-electron chi connectivity index (χ4n) is 0.545. The molecule has 1 rings (SSSR count). The first-order chi connectivity index (χ1) is 4.79. The van der Waals surface area contributed by atoms with Gasteiger partial charge in [0.15, 0.2) is 0 Å². The fraction of sp³-hybridized carbons (Fsp3) is 0.200. The number of benzene rings is 1. The summed E-state index contributed by atoms with van der Waals surface area (Å²) in [4.78, 5) is 0. The topological polar surface area (TPSA) is 20.2 Å². The number of aromatic hydroxyl groups is 1. The first kappa shape index (κ1) is 17.7. The molecule has 70 valence electrons. The molecule has 0 aliphatic rings. The van der Waals surface area contributed by atoms with Gasteiger partial charge in [-0.3, -0.25) is 0 Å². The summed E-state index contributed by atoms with van der Waals surface area (Å²) in [5.41, 5.74) is 1.17. The molecule has 0 amide bonds. The molecule has 1 nitrogen and oxygen atoms in total. The van der Waals surface area contributed by atoms with Gasteiger partial charge >= 0.3 is 21.1 Å². The van der Waals surface area contributed by atoms with Gasteiger partial charge < -0.3 is 19.5 Å². The predicted octanol–water partition coefficient (Wildman–Crippen LogP) is 3.23. The third-order valence-electron chi connectivity index (χ3n) is 1.03. The largest absolute Gasteiger partial charge is 2.00 e. The zero-order chi connectivity index (χ0) is 7.98. The van der Waals surface area contributed by atoms with E-state index in [1.165, 1.54) is 5.56 Å². The molecule has 0 saturated heterocycles. The van der Waals surface area contributed by atoms with E-state index in [0.29, 0.717) is 5.75 Å². The van der Waals surface area contributed by atoms with E-state index >= 15 is 0 Å². The molecule has 0 unspecified atom stereocenters. The summed E-state index contributed by atoms with van der Waals surface area (Å²) in [5.74, 6) is 0.329. The molecule has 0 aromatic heterocycles. The second kappa shape index (κ2) is 10.7. The van der Waals surface area contributed by atoms with Crippen molar-refractivity contribution in [2.24, 2.45) is 0 Å². The van der Waals surface area contributed by atoms with E-state index < -0.39 is 0 Å². The minimum Gasteiger partial charge on any atom is -0.508 e. The Hall–Kier alpha value is -0.292. The maximum absolute atomic E-state index is 8.76. The first-order valence-electron chi connectivity index (χ1n) is 3.25. The molecule has 0 saturated carbocycles. The Kier molecular flexibility index (Phi) is 15.8. The number of phenols is 1. The van der Waals surface area contributed by atoms with Crippen molar-refractivity contribution in [3.63, 3.8) is 0 Å². The fourth-order valence-corrected chi connectivity index (χ4v) is 0.545. The van der Waals surface area contributed by atoms with Gasteiger partial charge in [-0.1, -0.05) is 17.7 Å². The monoisotopic (exact) mass is 340 g/mol. The predicted molar refractivity (Wildman–Crippen MR) is 52.4 cm³/mol. The van der Waals surface area contributed by atoms with Crippen molar-refractivity contribution in [3.05, 3.63) is 44.2 Å². The van der Waals surface area contributed by atoms with E-state index in [0.717, 1.165) is 0 Å². The number of hydrogen-bond donors (Lipinski definition) is 1. The van der Waals surface area contributed by atoms with E-state index in [4.69, 9.17) is 5.11 Å². The standard InChI is InChI=1S/C7H8O.C2H5.CH3.W.H2/c1-6-2-4-7(8)5-3-6;1-2;;;/h2-5,8H,1H3;1H2,2H3;1H3;;1H/q;2*-1;+2;/i;;;;1+2. The van der Waals surface area contributed by atoms with Crippen molar-refractivity contribution in [2.45, 2.75) is 13.8 Å². The van der Waals surface area contributed by atoms with Gasteiger partial charge in [0.1, 0.15) is 5.75 Å². The van der Waals surface area contributed by atoms with Crippen molar-refractivity contribution in [3.8, 4) is 5.75 Å². The maximum Gasteiger partial charge on any atom is 2.00 e. The molecule has 1 N–H and O–H groups in total. The Balaban J connectivity index is -0.0000000761. The molecule has 1 aromatic rings. The van der Waals surface area contributed by atoms with Crippen molar-refractivity contribution in [1.29, 1.82) is 0 Å². The Morgan fingerprint density at radius 2 is 1.50 bits per heavy atom. The van der Waals surface area contributed by atoms with Gasteiger partial charge in [-0.15, -0.1) is 0 Å². The van der Waals surface area contributed by atoms with Crippen LogP contribution in [0.4, 0.5) is 0 Å². The molecule has 0 aliphatic heterocycles. The molecular formula is C10H18OW. The van der Waals surface area contributed by atoms with Gasteiger partial charge in [0.2, 0.25) is 0 Å². The van der Waals surface area contributed by atoms with Crippen LogP contribution in [0.25, 0.3) is 0 Å². The van der Waals surface area contributed by atoms with Gasteiger partial charge in [-0.05, 0) is 19.1 Å². The van der Waals surface area contributed by atoms with E-state index in [-0.39, 0.29) is 29.9 Å². The molecule has 0 radical (unpaired) electrons. The number of rotatable bonds is 0. The first-order valence-corrected chi connectivity index (χ1v) is 3.25. The van der Waals surface area contributed by atoms with Gasteiger partial charge in [0.05, 0.1) is 0 Å². The summed E-state index contributed by atoms with van der Waals surface area (Å²) in [7, 11) is 0. The second-order valence-electron chi connectivity index (χ2n) is 1.84. The van der Waals surface area contributed by atoms with Crippen LogP contribution in [0, 0.1) is 21.3 Å². The molecular weight excluding hydrogens is 320 g/mol. The normalized spacial score (nSPS) is 6.58. The molecule has 0 atom stereocenters. The average molecular weight is 340 g/mol. The molecule has 0 fully saturated rings. The van der Waals surface area contributed by atoms with Gasteiger partial charge in [0, 0.05) is 1.43 Å². The van der Waals surface area contributed by atoms with Gasteiger partial charge in [0.25, 0.3) is 0 Å². The summed E-state index contributed by atoms with van der Waals surface area (Å²) in [6.07, 6.45) is 0. The van der Waals surface area contributed by atoms with E-state index in [9.17, 15) is 0 Å². The Labute approximate surface area is 91.6 Å². The summed E-state index contributed by atoms with van der Waals surface area (Å²) in [6.45, 7) is 6.99. The van der Waals surface area contributed by atoms with E-state index in [2.05, 4.69) is 6.92 Å². The second-order valence-corrected chi connectivity index (χ2v) is 1.84. The van der Waals surface area contributed by atoms with Crippen molar-refractivity contribution in [2.75, 3.05) is 0 Å². The third-order valence-corrected chi connectivity index (χ3v) is 1.03. The third kappa shape index (κ3) is 7.81. The zero-order valence-corrected chi connectivity index (χ0v) is 10.8. The molecule has 12 heavy (non-hydrogen) atoms. The molecule has 0 bridgehead atoms. The Morgan fingerprint density at radius 1 is 1.17 bits per heavy atom. The smallest absolute Gasteiger partial charge is 0.508 e. The average Bonchev–Trinajstić information content (AvgIpc) is 2.00. The summed E-state index contributed by atoms with van der Waals surface area (Å²) >= 11 is 0. The maximum atomic E-state index is 8.76.